The molecule has 0 spiro atoms. The number of hydrogen-bond donors (Lipinski definition) is 0. The molecular formula is C40H84O10P4S8. The van der Waals surface area contributed by atoms with Gasteiger partial charge in [-0.2, -0.15) is 0 Å². The van der Waals surface area contributed by atoms with Crippen LogP contribution in [0.2, 0.25) is 0 Å². The van der Waals surface area contributed by atoms with Crippen molar-refractivity contribution in [3.05, 3.63) is 0 Å². The summed E-state index contributed by atoms with van der Waals surface area (Å²) < 4.78 is 57.3. The predicted molar refractivity (Wildman–Crippen MR) is 291 cm³/mol. The van der Waals surface area contributed by atoms with Crippen LogP contribution in [-0.4, -0.2) is 84.9 Å². The molecule has 0 rings (SSSR count). The molecule has 22 heteroatoms. The molecule has 0 fully saturated rings. The lowest BCUT2D eigenvalue weighted by Crippen LogP contribution is -2.18. The first kappa shape index (κ1) is 65.1. The molecule has 0 bridgehead atoms. The summed E-state index contributed by atoms with van der Waals surface area (Å²) >= 11 is 30.6. The maximum atomic E-state index is 11.9. The summed E-state index contributed by atoms with van der Waals surface area (Å²) in [5.41, 5.74) is -11.4. The van der Waals surface area contributed by atoms with Gasteiger partial charge in [0.05, 0.1) is 62.4 Å². The average Bonchev–Trinajstić information content (AvgIpc) is 3.06. The Bertz CT molecular complexity index is 1330. The Morgan fingerprint density at radius 3 is 0.871 bits per heavy atom. The van der Waals surface area contributed by atoms with Gasteiger partial charge in [-0.15, -0.1) is 0 Å². The third-order valence-corrected chi connectivity index (χ3v) is 30.0. The fourth-order valence-corrected chi connectivity index (χ4v) is 28.5. The van der Waals surface area contributed by atoms with Crippen LogP contribution >= 0.6 is 68.3 Å². The second-order valence-corrected chi connectivity index (χ2v) is 43.0. The van der Waals surface area contributed by atoms with Crippen molar-refractivity contribution in [3.63, 3.8) is 0 Å². The van der Waals surface area contributed by atoms with E-state index in [2.05, 4.69) is 83.1 Å². The minimum absolute atomic E-state index is 0.0493. The van der Waals surface area contributed by atoms with Gasteiger partial charge in [-0.05, 0) is 159 Å². The molecule has 0 aromatic carbocycles. The number of methoxy groups -OCH3 is 1. The van der Waals surface area contributed by atoms with Crippen molar-refractivity contribution in [2.75, 3.05) is 30.1 Å². The highest BCUT2D eigenvalue weighted by atomic mass is 32.9. The van der Waals surface area contributed by atoms with E-state index in [1.54, 1.807) is 0 Å². The summed E-state index contributed by atoms with van der Waals surface area (Å²) in [5, 5.41) is 0. The molecule has 0 N–H and O–H groups in total. The fraction of sp³-hybridized carbons (Fsp3) is 0.975. The van der Waals surface area contributed by atoms with Gasteiger partial charge in [0.2, 0.25) is 22.8 Å². The summed E-state index contributed by atoms with van der Waals surface area (Å²) in [7, 11) is 1.37. The molecule has 0 aliphatic rings. The zero-order valence-corrected chi connectivity index (χ0v) is 51.0. The topological polar surface area (TPSA) is 100 Å². The van der Waals surface area contributed by atoms with Crippen LogP contribution in [-0.2, 0) is 92.9 Å². The smallest absolute Gasteiger partial charge is 0.306 e. The second kappa shape index (κ2) is 32.9. The van der Waals surface area contributed by atoms with E-state index in [0.717, 1.165) is 25.7 Å². The Morgan fingerprint density at radius 1 is 0.403 bits per heavy atom. The molecule has 0 aromatic rings. The predicted octanol–water partition coefficient (Wildman–Crippen LogP) is 15.8. The highest BCUT2D eigenvalue weighted by molar-refractivity contribution is 8.69. The molecule has 10 nitrogen and oxygen atoms in total. The van der Waals surface area contributed by atoms with Crippen molar-refractivity contribution in [3.8, 4) is 0 Å². The van der Waals surface area contributed by atoms with Gasteiger partial charge in [0, 0.05) is 23.0 Å². The summed E-state index contributed by atoms with van der Waals surface area (Å²) in [6.07, 6.45) is 2.30. The number of rotatable bonds is 37. The molecule has 0 aromatic heterocycles. The first-order valence-corrected chi connectivity index (χ1v) is 38.9. The number of carbonyl (C=O) groups excluding carboxylic acids is 1. The number of ether oxygens (including phenoxy) is 1. The molecule has 0 saturated carbocycles. The Balaban J connectivity index is 6.49. The molecule has 0 aliphatic heterocycles. The monoisotopic (exact) mass is 1100 g/mol. The first-order valence-electron chi connectivity index (χ1n) is 21.9. The van der Waals surface area contributed by atoms with Gasteiger partial charge in [-0.3, -0.25) is 4.79 Å². The molecule has 62 heavy (non-hydrogen) atoms. The largest absolute Gasteiger partial charge is 0.469 e. The standard InChI is InChI=1S/C40H84O10P4S8/c1-28(2)21-33(11)44-52(56,45-34(12)22-29(3)4)60-26-38(16)49-54(58,62-25-37(15)48-51(55,43-32(9)10)59-20-19-40(41)42-18)50-39(17)27-61-53(57,46-35(13)23-30(5)6)47-36(14)24-31(7)8/h28-39H,19-27H2,1-18H3. The summed E-state index contributed by atoms with van der Waals surface area (Å²) in [4.78, 5) is 11.9. The SMILES string of the molecule is COC(=O)CCSP(=S)(OC(C)C)OC(C)CSP(=S)(OC(C)CSP(=S)(OC(C)CC(C)C)OC(C)CC(C)C)OC(C)CSP(=S)(OC(C)CC(C)C)OC(C)CC(C)C. The van der Waals surface area contributed by atoms with Crippen LogP contribution in [0, 0.1) is 23.7 Å². The van der Waals surface area contributed by atoms with Crippen LogP contribution in [0.5, 0.6) is 0 Å². The summed E-state index contributed by atoms with van der Waals surface area (Å²) in [5.74, 6) is 3.38. The van der Waals surface area contributed by atoms with Crippen LogP contribution < -0.4 is 0 Å². The third-order valence-electron chi connectivity index (χ3n) is 7.90. The maximum Gasteiger partial charge on any atom is 0.306 e. The molecular weight excluding hydrogens is 1020 g/mol. The van der Waals surface area contributed by atoms with Gasteiger partial charge in [0.1, 0.15) is 0 Å². The highest BCUT2D eigenvalue weighted by Crippen LogP contribution is 2.68. The molecule has 8 unspecified atom stereocenters. The van der Waals surface area contributed by atoms with Gasteiger partial charge in [0.15, 0.2) is 0 Å². The lowest BCUT2D eigenvalue weighted by molar-refractivity contribution is -0.140. The molecule has 0 radical (unpaired) electrons. The van der Waals surface area contributed by atoms with E-state index in [4.69, 9.17) is 88.2 Å². The Morgan fingerprint density at radius 2 is 0.645 bits per heavy atom. The summed E-state index contributed by atoms with van der Waals surface area (Å²) in [6, 6.07) is 0. The van der Waals surface area contributed by atoms with E-state index in [-0.39, 0.29) is 61.2 Å². The number of hydrogen-bond acceptors (Lipinski definition) is 18. The lowest BCUT2D eigenvalue weighted by Gasteiger charge is -2.33. The second-order valence-electron chi connectivity index (χ2n) is 17.9. The molecule has 0 saturated heterocycles. The van der Waals surface area contributed by atoms with Crippen molar-refractivity contribution in [1.82, 2.24) is 0 Å². The summed E-state index contributed by atoms with van der Waals surface area (Å²) in [6.45, 7) is 35.5. The van der Waals surface area contributed by atoms with Gasteiger partial charge >= 0.3 is 5.97 Å². The van der Waals surface area contributed by atoms with Gasteiger partial charge in [0.25, 0.3) is 0 Å². The van der Waals surface area contributed by atoms with Crippen LogP contribution in [0.4, 0.5) is 0 Å². The molecule has 0 heterocycles. The van der Waals surface area contributed by atoms with Crippen molar-refractivity contribution in [2.45, 2.75) is 199 Å². The van der Waals surface area contributed by atoms with Crippen LogP contribution in [0.15, 0.2) is 0 Å². The van der Waals surface area contributed by atoms with Crippen LogP contribution in [0.25, 0.3) is 0 Å². The van der Waals surface area contributed by atoms with Crippen LogP contribution in [0.1, 0.15) is 150 Å². The fourth-order valence-electron chi connectivity index (χ4n) is 5.99. The van der Waals surface area contributed by atoms with Gasteiger partial charge in [-0.25, -0.2) is 0 Å². The minimum Gasteiger partial charge on any atom is -0.469 e. The zero-order chi connectivity index (χ0) is 48.1. The van der Waals surface area contributed by atoms with E-state index in [1.165, 1.54) is 52.6 Å². The zero-order valence-electron chi connectivity index (χ0n) is 40.9. The Labute approximate surface area is 416 Å². The molecule has 8 atom stereocenters. The quantitative estimate of drug-likeness (QED) is 0.0435. The van der Waals surface area contributed by atoms with Crippen molar-refractivity contribution < 1.29 is 45.7 Å². The van der Waals surface area contributed by atoms with Crippen molar-refractivity contribution in [1.29, 1.82) is 0 Å². The normalized spacial score (nSPS) is 20.0. The van der Waals surface area contributed by atoms with Crippen molar-refractivity contribution in [2.24, 2.45) is 23.7 Å². The molecule has 0 amide bonds. The number of carbonyl (C=O) groups is 1. The van der Waals surface area contributed by atoms with E-state index in [1.807, 2.05) is 34.6 Å². The Kier molecular flexibility index (Phi) is 34.6. The number of esters is 1. The molecule has 372 valence electrons. The molecule has 0 aliphatic carbocycles. The lowest BCUT2D eigenvalue weighted by atomic mass is 10.1. The Hall–Kier alpha value is 3.15. The van der Waals surface area contributed by atoms with Crippen LogP contribution in [0.3, 0.4) is 0 Å². The van der Waals surface area contributed by atoms with Gasteiger partial charge < -0.3 is 40.9 Å². The first-order chi connectivity index (χ1) is 28.4. The highest BCUT2D eigenvalue weighted by Gasteiger charge is 2.34. The van der Waals surface area contributed by atoms with E-state index in [9.17, 15) is 4.79 Å². The maximum absolute atomic E-state index is 11.9. The third kappa shape index (κ3) is 32.9. The van der Waals surface area contributed by atoms with E-state index >= 15 is 0 Å². The average molecular weight is 1110 g/mol. The van der Waals surface area contributed by atoms with Crippen molar-refractivity contribution >= 4 is 121 Å². The van der Waals surface area contributed by atoms with Gasteiger partial charge in [-0.1, -0.05) is 101 Å². The minimum atomic E-state index is -3.06. The van der Waals surface area contributed by atoms with E-state index in [0.29, 0.717) is 46.7 Å². The van der Waals surface area contributed by atoms with E-state index < -0.39 is 22.8 Å².